The number of nitrogens with one attached hydrogen (secondary N) is 1. The smallest absolute Gasteiger partial charge is 0.387 e. The monoisotopic (exact) mass is 335 g/mol. The summed E-state index contributed by atoms with van der Waals surface area (Å²) in [5.74, 6) is 0.553. The highest BCUT2D eigenvalue weighted by Gasteiger charge is 2.06. The minimum absolute atomic E-state index is 0.0427. The number of alkyl halides is 2. The van der Waals surface area contributed by atoms with Crippen molar-refractivity contribution in [2.45, 2.75) is 26.9 Å². The van der Waals surface area contributed by atoms with Crippen LogP contribution in [-0.2, 0) is 4.79 Å². The number of hydrogen-bond acceptors (Lipinski definition) is 3. The number of carbonyl (C=O) groups is 1. The summed E-state index contributed by atoms with van der Waals surface area (Å²) < 4.78 is 33.9. The van der Waals surface area contributed by atoms with Crippen molar-refractivity contribution >= 4 is 11.6 Å². The third-order valence-corrected chi connectivity index (χ3v) is 3.16. The molecule has 24 heavy (non-hydrogen) atoms. The van der Waals surface area contributed by atoms with E-state index in [1.807, 2.05) is 32.0 Å². The first-order valence-corrected chi connectivity index (χ1v) is 7.48. The number of halogens is 2. The van der Waals surface area contributed by atoms with Gasteiger partial charge in [-0.15, -0.1) is 0 Å². The molecule has 6 heteroatoms. The molecule has 0 unspecified atom stereocenters. The lowest BCUT2D eigenvalue weighted by atomic mass is 10.1. The highest BCUT2D eigenvalue weighted by molar-refractivity contribution is 5.90. The van der Waals surface area contributed by atoms with Gasteiger partial charge in [-0.1, -0.05) is 6.07 Å². The van der Waals surface area contributed by atoms with Gasteiger partial charge in [0.15, 0.2) is 0 Å². The third kappa shape index (κ3) is 5.87. The van der Waals surface area contributed by atoms with Crippen molar-refractivity contribution in [3.63, 3.8) is 0 Å². The van der Waals surface area contributed by atoms with Crippen LogP contribution in [0.5, 0.6) is 11.5 Å². The van der Waals surface area contributed by atoms with Gasteiger partial charge in [-0.25, -0.2) is 0 Å². The number of ether oxygens (including phenoxy) is 2. The van der Waals surface area contributed by atoms with E-state index < -0.39 is 6.61 Å². The molecule has 0 saturated carbocycles. The van der Waals surface area contributed by atoms with Crippen LogP contribution in [0.2, 0.25) is 0 Å². The van der Waals surface area contributed by atoms with Gasteiger partial charge in [-0.2, -0.15) is 8.78 Å². The second kappa shape index (κ2) is 8.29. The summed E-state index contributed by atoms with van der Waals surface area (Å²) >= 11 is 0. The van der Waals surface area contributed by atoms with Crippen LogP contribution in [-0.4, -0.2) is 19.1 Å². The molecule has 0 fully saturated rings. The molecule has 4 nitrogen and oxygen atoms in total. The van der Waals surface area contributed by atoms with E-state index in [0.29, 0.717) is 5.69 Å². The van der Waals surface area contributed by atoms with E-state index >= 15 is 0 Å². The van der Waals surface area contributed by atoms with Crippen molar-refractivity contribution < 1.29 is 23.0 Å². The standard InChI is InChI=1S/C18H19F2NO3/c1-12-9-13(2)11-16(10-12)23-8-7-17(22)21-14-3-5-15(6-4-14)24-18(19)20/h3-6,9-11,18H,7-8H2,1-2H3,(H,21,22). The van der Waals surface area contributed by atoms with Gasteiger partial charge in [0.2, 0.25) is 5.91 Å². The second-order valence-electron chi connectivity index (χ2n) is 5.37. The average Bonchev–Trinajstić information content (AvgIpc) is 2.48. The van der Waals surface area contributed by atoms with Crippen molar-refractivity contribution in [2.75, 3.05) is 11.9 Å². The van der Waals surface area contributed by atoms with Gasteiger partial charge in [0, 0.05) is 5.69 Å². The first-order chi connectivity index (χ1) is 11.4. The number of carbonyl (C=O) groups excluding carboxylic acids is 1. The lowest BCUT2D eigenvalue weighted by Gasteiger charge is -2.09. The fourth-order valence-electron chi connectivity index (χ4n) is 2.22. The molecule has 0 aromatic heterocycles. The lowest BCUT2D eigenvalue weighted by molar-refractivity contribution is -0.116. The number of amides is 1. The number of anilines is 1. The molecule has 0 spiro atoms. The topological polar surface area (TPSA) is 47.6 Å². The molecule has 2 aromatic rings. The molecule has 0 heterocycles. The molecule has 128 valence electrons. The Hall–Kier alpha value is -2.63. The molecule has 0 atom stereocenters. The van der Waals surface area contributed by atoms with E-state index in [-0.39, 0.29) is 24.7 Å². The average molecular weight is 335 g/mol. The molecular weight excluding hydrogens is 316 g/mol. The summed E-state index contributed by atoms with van der Waals surface area (Å²) in [6.45, 7) is 1.34. The van der Waals surface area contributed by atoms with Gasteiger partial charge >= 0.3 is 6.61 Å². The molecule has 0 radical (unpaired) electrons. The SMILES string of the molecule is Cc1cc(C)cc(OCCC(=O)Nc2ccc(OC(F)F)cc2)c1. The first-order valence-electron chi connectivity index (χ1n) is 7.48. The zero-order valence-electron chi connectivity index (χ0n) is 13.5. The predicted molar refractivity (Wildman–Crippen MR) is 87.7 cm³/mol. The fraction of sp³-hybridized carbons (Fsp3) is 0.278. The van der Waals surface area contributed by atoms with Gasteiger partial charge in [0.05, 0.1) is 13.0 Å². The summed E-state index contributed by atoms with van der Waals surface area (Å²) in [6.07, 6.45) is 0.183. The number of rotatable bonds is 7. The summed E-state index contributed by atoms with van der Waals surface area (Å²) in [6, 6.07) is 11.6. The van der Waals surface area contributed by atoms with Gasteiger partial charge in [-0.3, -0.25) is 4.79 Å². The van der Waals surface area contributed by atoms with E-state index in [1.165, 1.54) is 24.3 Å². The van der Waals surface area contributed by atoms with Crippen molar-refractivity contribution in [3.8, 4) is 11.5 Å². The van der Waals surface area contributed by atoms with E-state index in [0.717, 1.165) is 16.9 Å². The Morgan fingerprint density at radius 3 is 2.25 bits per heavy atom. The number of hydrogen-bond donors (Lipinski definition) is 1. The summed E-state index contributed by atoms with van der Waals surface area (Å²) in [5.41, 5.74) is 2.70. The Balaban J connectivity index is 1.78. The van der Waals surface area contributed by atoms with Gasteiger partial charge < -0.3 is 14.8 Å². The van der Waals surface area contributed by atoms with Crippen LogP contribution in [0.25, 0.3) is 0 Å². The molecule has 0 saturated heterocycles. The predicted octanol–water partition coefficient (Wildman–Crippen LogP) is 4.31. The van der Waals surface area contributed by atoms with Crippen LogP contribution in [0.15, 0.2) is 42.5 Å². The van der Waals surface area contributed by atoms with Gasteiger partial charge in [0.25, 0.3) is 0 Å². The summed E-state index contributed by atoms with van der Waals surface area (Å²) in [7, 11) is 0. The highest BCUT2D eigenvalue weighted by atomic mass is 19.3. The second-order valence-corrected chi connectivity index (χ2v) is 5.37. The number of aryl methyl sites for hydroxylation is 2. The van der Waals surface area contributed by atoms with E-state index in [2.05, 4.69) is 10.1 Å². The van der Waals surface area contributed by atoms with Crippen molar-refractivity contribution in [1.29, 1.82) is 0 Å². The highest BCUT2D eigenvalue weighted by Crippen LogP contribution is 2.18. The maximum absolute atomic E-state index is 12.1. The van der Waals surface area contributed by atoms with E-state index in [1.54, 1.807) is 0 Å². The Bertz CT molecular complexity index is 667. The Morgan fingerprint density at radius 2 is 1.67 bits per heavy atom. The first kappa shape index (κ1) is 17.7. The van der Waals surface area contributed by atoms with E-state index in [9.17, 15) is 13.6 Å². The Morgan fingerprint density at radius 1 is 1.04 bits per heavy atom. The van der Waals surface area contributed by atoms with Crippen LogP contribution >= 0.6 is 0 Å². The molecule has 0 aliphatic heterocycles. The van der Waals surface area contributed by atoms with Crippen molar-refractivity contribution in [1.82, 2.24) is 0 Å². The molecule has 0 aliphatic rings. The maximum atomic E-state index is 12.1. The van der Waals surface area contributed by atoms with Crippen LogP contribution in [0.4, 0.5) is 14.5 Å². The van der Waals surface area contributed by atoms with Crippen LogP contribution < -0.4 is 14.8 Å². The van der Waals surface area contributed by atoms with E-state index in [4.69, 9.17) is 4.74 Å². The van der Waals surface area contributed by atoms with Crippen LogP contribution in [0.1, 0.15) is 17.5 Å². The largest absolute Gasteiger partial charge is 0.493 e. The zero-order chi connectivity index (χ0) is 17.5. The number of benzene rings is 2. The maximum Gasteiger partial charge on any atom is 0.387 e. The minimum Gasteiger partial charge on any atom is -0.493 e. The molecular formula is C18H19F2NO3. The minimum atomic E-state index is -2.87. The van der Waals surface area contributed by atoms with Crippen LogP contribution in [0, 0.1) is 13.8 Å². The zero-order valence-corrected chi connectivity index (χ0v) is 13.5. The van der Waals surface area contributed by atoms with Gasteiger partial charge in [-0.05, 0) is 61.4 Å². The molecule has 0 bridgehead atoms. The van der Waals surface area contributed by atoms with Gasteiger partial charge in [0.1, 0.15) is 11.5 Å². The molecule has 1 amide bonds. The van der Waals surface area contributed by atoms with Crippen molar-refractivity contribution in [3.05, 3.63) is 53.6 Å². The Kier molecular flexibility index (Phi) is 6.12. The fourth-order valence-corrected chi connectivity index (χ4v) is 2.22. The molecule has 2 aromatic carbocycles. The molecule has 2 rings (SSSR count). The molecule has 1 N–H and O–H groups in total. The van der Waals surface area contributed by atoms with Crippen LogP contribution in [0.3, 0.4) is 0 Å². The van der Waals surface area contributed by atoms with Crippen molar-refractivity contribution in [2.24, 2.45) is 0 Å². The Labute approximate surface area is 139 Å². The molecule has 0 aliphatic carbocycles. The quantitative estimate of drug-likeness (QED) is 0.820. The normalized spacial score (nSPS) is 10.5. The lowest BCUT2D eigenvalue weighted by Crippen LogP contribution is -2.15. The summed E-state index contributed by atoms with van der Waals surface area (Å²) in [4.78, 5) is 11.9. The third-order valence-electron chi connectivity index (χ3n) is 3.16. The summed E-state index contributed by atoms with van der Waals surface area (Å²) in [5, 5.41) is 2.67.